The molecule has 2 aliphatic rings. The molecule has 0 radical (unpaired) electrons. The molecule has 1 atom stereocenters. The standard InChI is InChI=1S/C25H41N3O/c1-4-5-6-7-8-21(3)27-15-17-28(18-16-27)25(29)24-10-9-23(19-20(24)2)22-11-13-26-14-12-22/h9-10,19,21-22,26H,4-8,11-18H2,1-3H3. The first-order valence-corrected chi connectivity index (χ1v) is 11.9. The van der Waals surface area contributed by atoms with Gasteiger partial charge < -0.3 is 10.2 Å². The second kappa shape index (κ2) is 11.1. The molecule has 1 amide bonds. The van der Waals surface area contributed by atoms with Gasteiger partial charge in [-0.2, -0.15) is 0 Å². The number of aryl methyl sites for hydroxylation is 1. The number of carbonyl (C=O) groups excluding carboxylic acids is 1. The van der Waals surface area contributed by atoms with Crippen molar-refractivity contribution >= 4 is 5.91 Å². The summed E-state index contributed by atoms with van der Waals surface area (Å²) in [6.07, 6.45) is 9.02. The smallest absolute Gasteiger partial charge is 0.254 e. The lowest BCUT2D eigenvalue weighted by molar-refractivity contribution is 0.0572. The molecule has 2 heterocycles. The average Bonchev–Trinajstić information content (AvgIpc) is 2.77. The van der Waals surface area contributed by atoms with Crippen molar-refractivity contribution in [3.63, 3.8) is 0 Å². The van der Waals surface area contributed by atoms with Crippen LogP contribution in [0.4, 0.5) is 0 Å². The first-order chi connectivity index (χ1) is 14.1. The third kappa shape index (κ3) is 6.05. The van der Waals surface area contributed by atoms with E-state index in [0.717, 1.165) is 50.4 Å². The molecular formula is C25H41N3O. The number of amides is 1. The Bertz CT molecular complexity index is 645. The Hall–Kier alpha value is -1.39. The second-order valence-electron chi connectivity index (χ2n) is 9.13. The maximum atomic E-state index is 13.1. The molecule has 0 spiro atoms. The van der Waals surface area contributed by atoms with Gasteiger partial charge in [0, 0.05) is 37.8 Å². The summed E-state index contributed by atoms with van der Waals surface area (Å²) in [7, 11) is 0. The highest BCUT2D eigenvalue weighted by molar-refractivity contribution is 5.95. The molecule has 1 aromatic carbocycles. The van der Waals surface area contributed by atoms with Crippen molar-refractivity contribution in [2.75, 3.05) is 39.3 Å². The number of carbonyl (C=O) groups is 1. The maximum absolute atomic E-state index is 13.1. The number of unbranched alkanes of at least 4 members (excludes halogenated alkanes) is 3. The Kier molecular flexibility index (Phi) is 8.55. The van der Waals surface area contributed by atoms with Gasteiger partial charge in [-0.3, -0.25) is 9.69 Å². The molecule has 0 aliphatic carbocycles. The maximum Gasteiger partial charge on any atom is 0.254 e. The summed E-state index contributed by atoms with van der Waals surface area (Å²) in [5.74, 6) is 0.857. The number of benzene rings is 1. The third-order valence-corrected chi connectivity index (χ3v) is 6.99. The quantitative estimate of drug-likeness (QED) is 0.650. The predicted octanol–water partition coefficient (Wildman–Crippen LogP) is 4.58. The van der Waals surface area contributed by atoms with Crippen LogP contribution in [0.25, 0.3) is 0 Å². The minimum Gasteiger partial charge on any atom is -0.336 e. The van der Waals surface area contributed by atoms with E-state index in [2.05, 4.69) is 54.1 Å². The van der Waals surface area contributed by atoms with E-state index in [-0.39, 0.29) is 5.91 Å². The van der Waals surface area contributed by atoms with Crippen LogP contribution in [0.3, 0.4) is 0 Å². The van der Waals surface area contributed by atoms with Gasteiger partial charge in [0.05, 0.1) is 0 Å². The first-order valence-electron chi connectivity index (χ1n) is 11.9. The van der Waals surface area contributed by atoms with Crippen LogP contribution >= 0.6 is 0 Å². The van der Waals surface area contributed by atoms with E-state index in [1.54, 1.807) is 0 Å². The Morgan fingerprint density at radius 3 is 2.48 bits per heavy atom. The minimum atomic E-state index is 0.217. The van der Waals surface area contributed by atoms with Crippen LogP contribution in [-0.2, 0) is 0 Å². The summed E-state index contributed by atoms with van der Waals surface area (Å²) >= 11 is 0. The van der Waals surface area contributed by atoms with Crippen LogP contribution in [0.1, 0.15) is 86.2 Å². The Morgan fingerprint density at radius 1 is 1.10 bits per heavy atom. The summed E-state index contributed by atoms with van der Waals surface area (Å²) in [6.45, 7) is 12.7. The van der Waals surface area contributed by atoms with Crippen molar-refractivity contribution in [2.24, 2.45) is 0 Å². The molecule has 0 saturated carbocycles. The van der Waals surface area contributed by atoms with Crippen molar-refractivity contribution in [2.45, 2.75) is 77.7 Å². The highest BCUT2D eigenvalue weighted by Crippen LogP contribution is 2.27. The molecule has 29 heavy (non-hydrogen) atoms. The molecule has 0 bridgehead atoms. The number of piperazine rings is 1. The average molecular weight is 400 g/mol. The van der Waals surface area contributed by atoms with Crippen molar-refractivity contribution < 1.29 is 4.79 Å². The van der Waals surface area contributed by atoms with Gasteiger partial charge in [0.1, 0.15) is 0 Å². The van der Waals surface area contributed by atoms with E-state index < -0.39 is 0 Å². The van der Waals surface area contributed by atoms with Crippen LogP contribution in [-0.4, -0.2) is 61.0 Å². The Balaban J connectivity index is 1.51. The summed E-state index contributed by atoms with van der Waals surface area (Å²) < 4.78 is 0. The number of nitrogens with one attached hydrogen (secondary N) is 1. The second-order valence-corrected chi connectivity index (χ2v) is 9.13. The van der Waals surface area contributed by atoms with Crippen LogP contribution in [0.2, 0.25) is 0 Å². The van der Waals surface area contributed by atoms with Crippen LogP contribution in [0, 0.1) is 6.92 Å². The van der Waals surface area contributed by atoms with E-state index in [1.165, 1.54) is 50.5 Å². The van der Waals surface area contributed by atoms with E-state index in [9.17, 15) is 4.79 Å². The molecule has 2 saturated heterocycles. The zero-order valence-electron chi connectivity index (χ0n) is 18.9. The van der Waals surface area contributed by atoms with Crippen LogP contribution < -0.4 is 5.32 Å². The third-order valence-electron chi connectivity index (χ3n) is 6.99. The van der Waals surface area contributed by atoms with Gasteiger partial charge >= 0.3 is 0 Å². The molecule has 0 aromatic heterocycles. The highest BCUT2D eigenvalue weighted by Gasteiger charge is 2.26. The molecular weight excluding hydrogens is 358 g/mol. The monoisotopic (exact) mass is 399 g/mol. The number of hydrogen-bond donors (Lipinski definition) is 1. The van der Waals surface area contributed by atoms with Gasteiger partial charge in [0.2, 0.25) is 0 Å². The lowest BCUT2D eigenvalue weighted by atomic mass is 9.88. The fraction of sp³-hybridized carbons (Fsp3) is 0.720. The number of rotatable bonds is 8. The summed E-state index contributed by atoms with van der Waals surface area (Å²) in [6, 6.07) is 7.18. The lowest BCUT2D eigenvalue weighted by Crippen LogP contribution is -2.51. The van der Waals surface area contributed by atoms with E-state index in [0.29, 0.717) is 12.0 Å². The van der Waals surface area contributed by atoms with Gasteiger partial charge in [0.15, 0.2) is 0 Å². The fourth-order valence-electron chi connectivity index (χ4n) is 4.92. The van der Waals surface area contributed by atoms with Crippen molar-refractivity contribution in [3.05, 3.63) is 34.9 Å². The van der Waals surface area contributed by atoms with Gasteiger partial charge in [-0.15, -0.1) is 0 Å². The lowest BCUT2D eigenvalue weighted by Gasteiger charge is -2.38. The fourth-order valence-corrected chi connectivity index (χ4v) is 4.92. The largest absolute Gasteiger partial charge is 0.336 e. The van der Waals surface area contributed by atoms with Crippen LogP contribution in [0.5, 0.6) is 0 Å². The Morgan fingerprint density at radius 2 is 1.83 bits per heavy atom. The normalized spacial score (nSPS) is 20.0. The zero-order valence-corrected chi connectivity index (χ0v) is 18.9. The van der Waals surface area contributed by atoms with E-state index in [1.807, 2.05) is 0 Å². The van der Waals surface area contributed by atoms with Crippen molar-refractivity contribution in [1.82, 2.24) is 15.1 Å². The number of piperidine rings is 1. The molecule has 4 nitrogen and oxygen atoms in total. The molecule has 1 aromatic rings. The van der Waals surface area contributed by atoms with Gasteiger partial charge in [0.25, 0.3) is 5.91 Å². The number of nitrogens with zero attached hydrogens (tertiary/aromatic N) is 2. The summed E-state index contributed by atoms with van der Waals surface area (Å²) in [5, 5.41) is 3.44. The molecule has 1 N–H and O–H groups in total. The molecule has 2 aliphatic heterocycles. The topological polar surface area (TPSA) is 35.6 Å². The summed E-state index contributed by atoms with van der Waals surface area (Å²) in [4.78, 5) is 17.8. The van der Waals surface area contributed by atoms with E-state index >= 15 is 0 Å². The van der Waals surface area contributed by atoms with E-state index in [4.69, 9.17) is 0 Å². The molecule has 162 valence electrons. The molecule has 2 fully saturated rings. The molecule has 3 rings (SSSR count). The van der Waals surface area contributed by atoms with Gasteiger partial charge in [-0.25, -0.2) is 0 Å². The molecule has 4 heteroatoms. The SMILES string of the molecule is CCCCCCC(C)N1CCN(C(=O)c2ccc(C3CCNCC3)cc2C)CC1. The minimum absolute atomic E-state index is 0.217. The van der Waals surface area contributed by atoms with Gasteiger partial charge in [-0.1, -0.05) is 44.7 Å². The molecule has 1 unspecified atom stereocenters. The van der Waals surface area contributed by atoms with Gasteiger partial charge in [-0.05, 0) is 69.3 Å². The van der Waals surface area contributed by atoms with Crippen molar-refractivity contribution in [1.29, 1.82) is 0 Å². The Labute approximate surface area is 178 Å². The first kappa shape index (κ1) is 22.3. The van der Waals surface area contributed by atoms with Crippen LogP contribution in [0.15, 0.2) is 18.2 Å². The zero-order chi connectivity index (χ0) is 20.6. The van der Waals surface area contributed by atoms with Crippen molar-refractivity contribution in [3.8, 4) is 0 Å². The summed E-state index contributed by atoms with van der Waals surface area (Å²) in [5.41, 5.74) is 3.43. The predicted molar refractivity (Wildman–Crippen MR) is 122 cm³/mol. The number of hydrogen-bond acceptors (Lipinski definition) is 3. The highest BCUT2D eigenvalue weighted by atomic mass is 16.2.